The molecule has 0 aliphatic carbocycles. The maximum absolute atomic E-state index is 6.30. The maximum atomic E-state index is 6.30. The zero-order chi connectivity index (χ0) is 4.12. The predicted octanol–water partition coefficient (Wildman–Crippen LogP) is -0.451. The summed E-state index contributed by atoms with van der Waals surface area (Å²) in [7, 11) is -0.0312. The monoisotopic (exact) mass is 62.1 g/mol. The number of nitrogens with two attached hydrogens (primary N) is 1. The first-order valence-electron chi connectivity index (χ1n) is 1.69. The third kappa shape index (κ3) is 1.92. The first kappa shape index (κ1) is 2.18. The van der Waals surface area contributed by atoms with E-state index >= 15 is 0 Å². The molecule has 0 fully saturated rings. The first-order valence-corrected chi connectivity index (χ1v) is 0.986. The summed E-state index contributed by atoms with van der Waals surface area (Å²) >= 11 is 0. The van der Waals surface area contributed by atoms with Crippen LogP contribution in [0, 0.1) is 0 Å². The van der Waals surface area contributed by atoms with Gasteiger partial charge >= 0.3 is 0 Å². The van der Waals surface area contributed by atoms with E-state index in [0.717, 1.165) is 0 Å². The summed E-state index contributed by atoms with van der Waals surface area (Å²) in [4.78, 5) is 0. The Labute approximate surface area is 27.0 Å². The van der Waals surface area contributed by atoms with E-state index in [1.165, 1.54) is 0 Å². The standard InChI is InChI=1S/C2H7NO/c1-4-2-3/h2-3H2,1H3/i1D. The molecule has 0 aliphatic rings. The van der Waals surface area contributed by atoms with Gasteiger partial charge in [0.15, 0.2) is 0 Å². The number of ether oxygens (including phenoxy) is 1. The third-order valence-corrected chi connectivity index (χ3v) is 0.118. The minimum absolute atomic E-state index is 0.0312. The van der Waals surface area contributed by atoms with Crippen LogP contribution in [-0.4, -0.2) is 13.8 Å². The van der Waals surface area contributed by atoms with Crippen LogP contribution in [0.3, 0.4) is 0 Å². The molecule has 2 heteroatoms. The highest BCUT2D eigenvalue weighted by Gasteiger charge is 1.50. The highest BCUT2D eigenvalue weighted by atomic mass is 16.5. The Balaban J connectivity index is 2.19. The Kier molecular flexibility index (Phi) is 1.59. The topological polar surface area (TPSA) is 35.2 Å². The molecule has 26 valence electrons. The molecule has 2 nitrogen and oxygen atoms in total. The van der Waals surface area contributed by atoms with E-state index in [0.29, 0.717) is 0 Å². The molecule has 0 saturated carbocycles. The average Bonchev–Trinajstić information content (AvgIpc) is 1.41. The van der Waals surface area contributed by atoms with E-state index in [-0.39, 0.29) is 13.8 Å². The SMILES string of the molecule is [2H]COCN. The van der Waals surface area contributed by atoms with E-state index in [2.05, 4.69) is 4.74 Å². The average molecular weight is 62.1 g/mol. The smallest absolute Gasteiger partial charge is 0.0936 e. The van der Waals surface area contributed by atoms with E-state index in [9.17, 15) is 0 Å². The molecule has 0 amide bonds. The molecule has 0 heterocycles. The van der Waals surface area contributed by atoms with E-state index in [4.69, 9.17) is 7.10 Å². The van der Waals surface area contributed by atoms with Gasteiger partial charge in [-0.15, -0.1) is 0 Å². The summed E-state index contributed by atoms with van der Waals surface area (Å²) < 4.78 is 10.6. The summed E-state index contributed by atoms with van der Waals surface area (Å²) in [6, 6.07) is 0. The van der Waals surface area contributed by atoms with Crippen LogP contribution in [0.25, 0.3) is 0 Å². The second kappa shape index (κ2) is 2.92. The summed E-state index contributed by atoms with van der Waals surface area (Å²) in [6.07, 6.45) is 0. The summed E-state index contributed by atoms with van der Waals surface area (Å²) in [5, 5.41) is 0. The molecule has 0 aromatic heterocycles. The Morgan fingerprint density at radius 2 is 3.25 bits per heavy atom. The van der Waals surface area contributed by atoms with Crippen molar-refractivity contribution in [3.8, 4) is 0 Å². The molecule has 0 radical (unpaired) electrons. The van der Waals surface area contributed by atoms with Crippen molar-refractivity contribution in [3.63, 3.8) is 0 Å². The second-order valence-corrected chi connectivity index (χ2v) is 0.371. The molecule has 0 aromatic carbocycles. The Hall–Kier alpha value is -0.0800. The quantitative estimate of drug-likeness (QED) is 0.417. The van der Waals surface area contributed by atoms with Gasteiger partial charge in [0.1, 0.15) is 0 Å². The molecular formula is C2H7NO. The van der Waals surface area contributed by atoms with Crippen LogP contribution in [-0.2, 0) is 4.74 Å². The van der Waals surface area contributed by atoms with Gasteiger partial charge in [0.2, 0.25) is 0 Å². The van der Waals surface area contributed by atoms with Crippen LogP contribution in [0.4, 0.5) is 0 Å². The van der Waals surface area contributed by atoms with Gasteiger partial charge in [0, 0.05) is 7.09 Å². The normalized spacial score (nSPS) is 10.8. The van der Waals surface area contributed by atoms with Crippen LogP contribution in [0.5, 0.6) is 0 Å². The van der Waals surface area contributed by atoms with Gasteiger partial charge in [-0.05, 0) is 0 Å². The lowest BCUT2D eigenvalue weighted by molar-refractivity contribution is 0.207. The highest BCUT2D eigenvalue weighted by molar-refractivity contribution is 3.89. The summed E-state index contributed by atoms with van der Waals surface area (Å²) in [6.45, 7) is 0.156. The second-order valence-electron chi connectivity index (χ2n) is 0.371. The Morgan fingerprint density at radius 1 is 2.50 bits per heavy atom. The lowest BCUT2D eigenvalue weighted by Gasteiger charge is -1.77. The molecule has 0 bridgehead atoms. The van der Waals surface area contributed by atoms with Crippen molar-refractivity contribution < 1.29 is 6.11 Å². The van der Waals surface area contributed by atoms with Crippen molar-refractivity contribution in [1.82, 2.24) is 0 Å². The number of rotatable bonds is 1. The van der Waals surface area contributed by atoms with Crippen molar-refractivity contribution in [1.29, 1.82) is 0 Å². The lowest BCUT2D eigenvalue weighted by atomic mass is 11.3. The molecule has 0 aliphatic heterocycles. The van der Waals surface area contributed by atoms with Crippen molar-refractivity contribution in [3.05, 3.63) is 0 Å². The molecule has 0 atom stereocenters. The van der Waals surface area contributed by atoms with Gasteiger partial charge in [0.25, 0.3) is 0 Å². The molecule has 0 unspecified atom stereocenters. The molecule has 0 spiro atoms. The van der Waals surface area contributed by atoms with Crippen LogP contribution in [0.2, 0.25) is 0 Å². The Morgan fingerprint density at radius 3 is 3.25 bits per heavy atom. The minimum atomic E-state index is -0.0312. The van der Waals surface area contributed by atoms with Gasteiger partial charge in [-0.3, -0.25) is 0 Å². The van der Waals surface area contributed by atoms with Crippen LogP contribution < -0.4 is 5.73 Å². The van der Waals surface area contributed by atoms with Crippen molar-refractivity contribution in [2.75, 3.05) is 13.8 Å². The van der Waals surface area contributed by atoms with Gasteiger partial charge in [-0.25, -0.2) is 0 Å². The minimum Gasteiger partial charge on any atom is -0.370 e. The highest BCUT2D eigenvalue weighted by Crippen LogP contribution is 1.40. The van der Waals surface area contributed by atoms with Gasteiger partial charge in [-0.2, -0.15) is 0 Å². The van der Waals surface area contributed by atoms with Gasteiger partial charge < -0.3 is 10.5 Å². The number of hydrogen-bond donors (Lipinski definition) is 1. The van der Waals surface area contributed by atoms with Crippen molar-refractivity contribution >= 4 is 0 Å². The number of methoxy groups -OCH3 is 1. The molecule has 0 aromatic rings. The maximum Gasteiger partial charge on any atom is 0.0936 e. The van der Waals surface area contributed by atoms with Crippen molar-refractivity contribution in [2.45, 2.75) is 0 Å². The molecule has 0 rings (SSSR count). The largest absolute Gasteiger partial charge is 0.370 e. The van der Waals surface area contributed by atoms with E-state index < -0.39 is 0 Å². The fraction of sp³-hybridized carbons (Fsp3) is 1.00. The fourth-order valence-electron chi connectivity index (χ4n) is 0. The zero-order valence-corrected chi connectivity index (χ0v) is 2.40. The third-order valence-electron chi connectivity index (χ3n) is 0.118. The zero-order valence-electron chi connectivity index (χ0n) is 3.40. The van der Waals surface area contributed by atoms with Gasteiger partial charge in [-0.1, -0.05) is 0 Å². The predicted molar refractivity (Wildman–Crippen MR) is 16.1 cm³/mol. The van der Waals surface area contributed by atoms with Crippen LogP contribution in [0.1, 0.15) is 1.37 Å². The summed E-state index contributed by atoms with van der Waals surface area (Å²) in [5.41, 5.74) is 4.80. The van der Waals surface area contributed by atoms with E-state index in [1.807, 2.05) is 0 Å². The van der Waals surface area contributed by atoms with Gasteiger partial charge in [0.05, 0.1) is 8.10 Å². The first-order chi connectivity index (χ1) is 2.41. The lowest BCUT2D eigenvalue weighted by Crippen LogP contribution is -1.98. The molecule has 0 saturated heterocycles. The van der Waals surface area contributed by atoms with Crippen LogP contribution in [0.15, 0.2) is 0 Å². The molecule has 4 heavy (non-hydrogen) atoms. The molecule has 2 N–H and O–H groups in total. The van der Waals surface area contributed by atoms with Crippen molar-refractivity contribution in [2.24, 2.45) is 5.73 Å². The fourth-order valence-corrected chi connectivity index (χ4v) is 0. The van der Waals surface area contributed by atoms with E-state index in [1.54, 1.807) is 0 Å². The van der Waals surface area contributed by atoms with Crippen LogP contribution >= 0.6 is 0 Å². The summed E-state index contributed by atoms with van der Waals surface area (Å²) in [5.74, 6) is 0. The Bertz CT molecular complexity index is 17.1. The number of hydrogen-bond acceptors (Lipinski definition) is 2. The molecular weight excluding hydrogens is 54.0 g/mol.